The lowest BCUT2D eigenvalue weighted by molar-refractivity contribution is -0.938. The van der Waals surface area contributed by atoms with Crippen molar-refractivity contribution in [2.45, 2.75) is 76.3 Å². The first kappa shape index (κ1) is 22.3. The second-order valence-electron chi connectivity index (χ2n) is 10.2. The van der Waals surface area contributed by atoms with Crippen molar-refractivity contribution in [1.82, 2.24) is 0 Å². The van der Waals surface area contributed by atoms with Gasteiger partial charge in [-0.3, -0.25) is 9.59 Å². The molecule has 3 aliphatic heterocycles. The second-order valence-corrected chi connectivity index (χ2v) is 10.2. The lowest BCUT2D eigenvalue weighted by Crippen LogP contribution is -2.60. The van der Waals surface area contributed by atoms with Crippen LogP contribution in [-0.4, -0.2) is 67.5 Å². The Labute approximate surface area is 185 Å². The number of fused-ring (bicyclic) bond motifs is 5. The van der Waals surface area contributed by atoms with Crippen molar-refractivity contribution in [2.24, 2.45) is 11.8 Å². The number of carbonyl (C=O) groups excluding carboxylic acids is 2. The number of rotatable bonds is 8. The van der Waals surface area contributed by atoms with E-state index in [0.717, 1.165) is 29.3 Å². The van der Waals surface area contributed by atoms with Crippen molar-refractivity contribution < 1.29 is 28.3 Å². The van der Waals surface area contributed by atoms with Crippen LogP contribution >= 0.6 is 0 Å². The highest BCUT2D eigenvalue weighted by atomic mass is 16.6. The largest absolute Gasteiger partial charge is 0.464 e. The minimum absolute atomic E-state index is 0.0143. The van der Waals surface area contributed by atoms with E-state index in [1.807, 2.05) is 51.1 Å². The maximum atomic E-state index is 13.2. The van der Waals surface area contributed by atoms with Crippen LogP contribution in [-0.2, 0) is 23.8 Å². The van der Waals surface area contributed by atoms with Crippen molar-refractivity contribution in [2.75, 3.05) is 20.7 Å². The summed E-state index contributed by atoms with van der Waals surface area (Å²) in [4.78, 5) is 25.8. The van der Waals surface area contributed by atoms with E-state index in [4.69, 9.17) is 14.2 Å². The minimum atomic E-state index is -0.609. The van der Waals surface area contributed by atoms with Gasteiger partial charge >= 0.3 is 11.9 Å². The van der Waals surface area contributed by atoms with Gasteiger partial charge in [-0.2, -0.15) is 0 Å². The van der Waals surface area contributed by atoms with Crippen molar-refractivity contribution in [3.63, 3.8) is 0 Å². The molecular formula is C25H36NO5+. The Hall–Kier alpha value is -1.92. The molecule has 3 heterocycles. The van der Waals surface area contributed by atoms with Gasteiger partial charge in [-0.15, -0.1) is 0 Å². The molecule has 0 saturated carbocycles. The van der Waals surface area contributed by atoms with Gasteiger partial charge in [-0.25, -0.2) is 0 Å². The molecule has 3 fully saturated rings. The maximum Gasteiger partial charge on any atom is 0.317 e. The van der Waals surface area contributed by atoms with Crippen LogP contribution in [0.25, 0.3) is 0 Å². The lowest BCUT2D eigenvalue weighted by atomic mass is 9.93. The van der Waals surface area contributed by atoms with Gasteiger partial charge in [0.15, 0.2) is 0 Å². The first-order valence-corrected chi connectivity index (χ1v) is 11.6. The molecule has 0 aromatic heterocycles. The Kier molecular flexibility index (Phi) is 6.14. The van der Waals surface area contributed by atoms with E-state index in [0.29, 0.717) is 24.3 Å². The zero-order valence-electron chi connectivity index (χ0n) is 19.3. The van der Waals surface area contributed by atoms with E-state index in [1.165, 1.54) is 0 Å². The van der Waals surface area contributed by atoms with E-state index < -0.39 is 5.92 Å². The van der Waals surface area contributed by atoms with Crippen LogP contribution in [0.1, 0.15) is 51.5 Å². The number of hydrogen-bond acceptors (Lipinski definition) is 5. The third-order valence-corrected chi connectivity index (χ3v) is 7.75. The van der Waals surface area contributed by atoms with Gasteiger partial charge < -0.3 is 18.7 Å². The summed E-state index contributed by atoms with van der Waals surface area (Å²) < 4.78 is 18.4. The van der Waals surface area contributed by atoms with Gasteiger partial charge in [0.2, 0.25) is 0 Å². The van der Waals surface area contributed by atoms with Crippen molar-refractivity contribution in [3.8, 4) is 0 Å². The number of morpholine rings is 1. The monoisotopic (exact) mass is 430 g/mol. The molecule has 1 aromatic rings. The Morgan fingerprint density at radius 1 is 1.06 bits per heavy atom. The summed E-state index contributed by atoms with van der Waals surface area (Å²) in [6.07, 6.45) is 2.89. The third kappa shape index (κ3) is 4.24. The number of esters is 2. The van der Waals surface area contributed by atoms with E-state index in [9.17, 15) is 9.59 Å². The van der Waals surface area contributed by atoms with Gasteiger partial charge in [-0.05, 0) is 17.9 Å². The summed E-state index contributed by atoms with van der Waals surface area (Å²) in [7, 11) is 4.52. The van der Waals surface area contributed by atoms with E-state index >= 15 is 0 Å². The predicted molar refractivity (Wildman–Crippen MR) is 116 cm³/mol. The molecule has 3 aliphatic rings. The van der Waals surface area contributed by atoms with E-state index in [2.05, 4.69) is 14.1 Å². The fraction of sp³-hybridized carbons (Fsp3) is 0.680. The summed E-state index contributed by atoms with van der Waals surface area (Å²) in [5.74, 6) is -1.11. The van der Waals surface area contributed by atoms with Gasteiger partial charge in [0.05, 0.1) is 20.0 Å². The second kappa shape index (κ2) is 8.55. The van der Waals surface area contributed by atoms with Crippen LogP contribution in [0.15, 0.2) is 30.3 Å². The van der Waals surface area contributed by atoms with Gasteiger partial charge in [-0.1, -0.05) is 51.1 Å². The summed E-state index contributed by atoms with van der Waals surface area (Å²) in [5.41, 5.74) is 0.818. The topological polar surface area (TPSA) is 65.1 Å². The number of hydrogen-bond donors (Lipinski definition) is 0. The number of ether oxygens (including phenoxy) is 3. The number of piperidine rings is 1. The molecule has 0 spiro atoms. The molecule has 6 heteroatoms. The van der Waals surface area contributed by atoms with Crippen LogP contribution < -0.4 is 0 Å². The number of likely N-dealkylation sites (N-methyl/N-ethyl adjacent to an activating group) is 1. The molecule has 6 unspecified atom stereocenters. The zero-order chi connectivity index (χ0) is 22.3. The molecule has 0 aliphatic carbocycles. The lowest BCUT2D eigenvalue weighted by Gasteiger charge is -2.45. The van der Waals surface area contributed by atoms with E-state index in [-0.39, 0.29) is 36.5 Å². The number of carbonyl (C=O) groups is 2. The predicted octanol–water partition coefficient (Wildman–Crippen LogP) is 3.30. The van der Waals surface area contributed by atoms with Crippen LogP contribution in [0, 0.1) is 11.8 Å². The Morgan fingerprint density at radius 3 is 2.23 bits per heavy atom. The molecule has 4 rings (SSSR count). The molecule has 6 atom stereocenters. The normalized spacial score (nSPS) is 32.1. The Morgan fingerprint density at radius 2 is 1.68 bits per heavy atom. The minimum Gasteiger partial charge on any atom is -0.464 e. The van der Waals surface area contributed by atoms with Crippen LogP contribution in [0.4, 0.5) is 0 Å². The van der Waals surface area contributed by atoms with Crippen LogP contribution in [0.3, 0.4) is 0 Å². The average molecular weight is 431 g/mol. The molecule has 0 N–H and O–H groups in total. The van der Waals surface area contributed by atoms with Crippen molar-refractivity contribution in [1.29, 1.82) is 0 Å². The van der Waals surface area contributed by atoms with E-state index in [1.54, 1.807) is 0 Å². The summed E-state index contributed by atoms with van der Waals surface area (Å²) in [6.45, 7) is 6.04. The Balaban J connectivity index is 1.42. The summed E-state index contributed by atoms with van der Waals surface area (Å²) >= 11 is 0. The Bertz CT molecular complexity index is 787. The fourth-order valence-corrected chi connectivity index (χ4v) is 5.72. The summed E-state index contributed by atoms with van der Waals surface area (Å²) in [5, 5.41) is 0. The smallest absolute Gasteiger partial charge is 0.317 e. The number of quaternary nitrogens is 1. The van der Waals surface area contributed by atoms with Crippen LogP contribution in [0.5, 0.6) is 0 Å². The SMILES string of the molecule is CCC(C(=O)OCC(C(=O)OC1CC2C3OC3C(C1)[N+]2(C)C)c1ccccc1)C(C)C. The standard InChI is InChI=1S/C25H36NO5/c1-6-18(15(2)3)24(27)29-14-19(16-10-8-7-9-11-16)25(28)30-17-12-20-22-23(31-22)21(13-17)26(20,4)5/h7-11,15,17-23H,6,12-14H2,1-5H3/q+1. The van der Waals surface area contributed by atoms with Crippen molar-refractivity contribution >= 4 is 11.9 Å². The molecular weight excluding hydrogens is 394 g/mol. The van der Waals surface area contributed by atoms with Crippen molar-refractivity contribution in [3.05, 3.63) is 35.9 Å². The molecule has 3 saturated heterocycles. The first-order valence-electron chi connectivity index (χ1n) is 11.6. The molecule has 31 heavy (non-hydrogen) atoms. The maximum absolute atomic E-state index is 13.2. The highest BCUT2D eigenvalue weighted by molar-refractivity contribution is 5.79. The van der Waals surface area contributed by atoms with Gasteiger partial charge in [0.1, 0.15) is 42.9 Å². The summed E-state index contributed by atoms with van der Waals surface area (Å²) in [6, 6.07) is 10.3. The molecule has 1 aromatic carbocycles. The number of epoxide rings is 1. The quantitative estimate of drug-likeness (QED) is 0.360. The fourth-order valence-electron chi connectivity index (χ4n) is 5.72. The molecule has 170 valence electrons. The highest BCUT2D eigenvalue weighted by Crippen LogP contribution is 2.51. The highest BCUT2D eigenvalue weighted by Gasteiger charge is 2.70. The number of nitrogens with zero attached hydrogens (tertiary/aromatic N) is 1. The molecule has 0 amide bonds. The third-order valence-electron chi connectivity index (χ3n) is 7.75. The number of benzene rings is 1. The average Bonchev–Trinajstić information content (AvgIpc) is 3.47. The van der Waals surface area contributed by atoms with Gasteiger partial charge in [0, 0.05) is 12.8 Å². The van der Waals surface area contributed by atoms with Gasteiger partial charge in [0.25, 0.3) is 0 Å². The molecule has 0 radical (unpaired) electrons. The van der Waals surface area contributed by atoms with Crippen LogP contribution in [0.2, 0.25) is 0 Å². The molecule has 6 nitrogen and oxygen atoms in total. The first-order chi connectivity index (χ1) is 14.7. The molecule has 2 bridgehead atoms. The zero-order valence-corrected chi connectivity index (χ0v) is 19.3.